The van der Waals surface area contributed by atoms with E-state index in [9.17, 15) is 9.59 Å². The Balaban J connectivity index is 1.99. The van der Waals surface area contributed by atoms with Gasteiger partial charge in [0, 0.05) is 32.4 Å². The fourth-order valence-electron chi connectivity index (χ4n) is 2.46. The van der Waals surface area contributed by atoms with Gasteiger partial charge in [-0.15, -0.1) is 0 Å². The molecule has 0 aliphatic rings. The van der Waals surface area contributed by atoms with Gasteiger partial charge in [0.05, 0.1) is 0 Å². The molecule has 0 atom stereocenters. The van der Waals surface area contributed by atoms with Crippen LogP contribution in [0.4, 0.5) is 0 Å². The zero-order chi connectivity index (χ0) is 16.5. The molecule has 0 saturated heterocycles. The van der Waals surface area contributed by atoms with E-state index in [0.29, 0.717) is 13.1 Å². The molecule has 0 bridgehead atoms. The zero-order valence-electron chi connectivity index (χ0n) is 13.3. The average molecular weight is 310 g/mol. The van der Waals surface area contributed by atoms with Gasteiger partial charge < -0.3 is 10.6 Å². The summed E-state index contributed by atoms with van der Waals surface area (Å²) < 4.78 is 0. The van der Waals surface area contributed by atoms with Crippen molar-refractivity contribution < 1.29 is 9.59 Å². The first-order valence-electron chi connectivity index (χ1n) is 7.78. The summed E-state index contributed by atoms with van der Waals surface area (Å²) in [5.41, 5.74) is 2.33. The fraction of sp³-hybridized carbons (Fsp3) is 0.263. The second-order valence-electron chi connectivity index (χ2n) is 5.41. The van der Waals surface area contributed by atoms with E-state index in [-0.39, 0.29) is 24.2 Å². The van der Waals surface area contributed by atoms with Gasteiger partial charge in [0.15, 0.2) is 0 Å². The van der Waals surface area contributed by atoms with Crippen LogP contribution in [0, 0.1) is 0 Å². The molecule has 0 aliphatic heterocycles. The van der Waals surface area contributed by atoms with Gasteiger partial charge >= 0.3 is 0 Å². The van der Waals surface area contributed by atoms with E-state index in [1.54, 1.807) is 0 Å². The number of amides is 2. The van der Waals surface area contributed by atoms with Crippen LogP contribution in [0.3, 0.4) is 0 Å². The first kappa shape index (κ1) is 16.7. The Bertz CT molecular complexity index is 587. The SMILES string of the molecule is CC(=O)NCCC(=O)NCC(c1ccccc1)c1ccccc1. The zero-order valence-corrected chi connectivity index (χ0v) is 13.3. The molecule has 0 aliphatic carbocycles. The number of nitrogens with one attached hydrogen (secondary N) is 2. The maximum atomic E-state index is 11.9. The Labute approximate surface area is 136 Å². The normalized spacial score (nSPS) is 10.3. The predicted octanol–water partition coefficient (Wildman–Crippen LogP) is 2.46. The van der Waals surface area contributed by atoms with Crippen LogP contribution in [-0.4, -0.2) is 24.9 Å². The van der Waals surface area contributed by atoms with E-state index < -0.39 is 0 Å². The summed E-state index contributed by atoms with van der Waals surface area (Å²) in [7, 11) is 0. The third-order valence-electron chi connectivity index (χ3n) is 3.63. The van der Waals surface area contributed by atoms with Crippen LogP contribution in [0.25, 0.3) is 0 Å². The van der Waals surface area contributed by atoms with E-state index in [1.807, 2.05) is 36.4 Å². The number of carbonyl (C=O) groups is 2. The van der Waals surface area contributed by atoms with Gasteiger partial charge in [0.2, 0.25) is 11.8 Å². The lowest BCUT2D eigenvalue weighted by atomic mass is 9.91. The highest BCUT2D eigenvalue weighted by Gasteiger charge is 2.14. The molecule has 23 heavy (non-hydrogen) atoms. The number of rotatable bonds is 7. The summed E-state index contributed by atoms with van der Waals surface area (Å²) in [6, 6.07) is 20.3. The predicted molar refractivity (Wildman–Crippen MR) is 91.0 cm³/mol. The number of hydrogen-bond donors (Lipinski definition) is 2. The molecule has 0 aromatic heterocycles. The van der Waals surface area contributed by atoms with Crippen LogP contribution in [-0.2, 0) is 9.59 Å². The Morgan fingerprint density at radius 1 is 0.870 bits per heavy atom. The van der Waals surface area contributed by atoms with E-state index in [2.05, 4.69) is 34.9 Å². The third-order valence-corrected chi connectivity index (χ3v) is 3.63. The molecule has 0 spiro atoms. The van der Waals surface area contributed by atoms with Gasteiger partial charge in [0.25, 0.3) is 0 Å². The van der Waals surface area contributed by atoms with Gasteiger partial charge in [-0.05, 0) is 11.1 Å². The molecular formula is C19H22N2O2. The molecule has 0 saturated carbocycles. The second kappa shape index (κ2) is 8.73. The smallest absolute Gasteiger partial charge is 0.221 e. The van der Waals surface area contributed by atoms with E-state index in [1.165, 1.54) is 18.1 Å². The minimum Gasteiger partial charge on any atom is -0.356 e. The van der Waals surface area contributed by atoms with Crippen LogP contribution >= 0.6 is 0 Å². The van der Waals surface area contributed by atoms with Gasteiger partial charge in [-0.3, -0.25) is 9.59 Å². The van der Waals surface area contributed by atoms with Gasteiger partial charge in [0.1, 0.15) is 0 Å². The maximum Gasteiger partial charge on any atom is 0.221 e. The highest BCUT2D eigenvalue weighted by atomic mass is 16.2. The Morgan fingerprint density at radius 3 is 1.87 bits per heavy atom. The molecule has 2 aromatic rings. The van der Waals surface area contributed by atoms with Crippen molar-refractivity contribution >= 4 is 11.8 Å². The van der Waals surface area contributed by atoms with Crippen molar-refractivity contribution in [3.8, 4) is 0 Å². The first-order valence-corrected chi connectivity index (χ1v) is 7.78. The Hall–Kier alpha value is -2.62. The molecular weight excluding hydrogens is 288 g/mol. The number of hydrogen-bond acceptors (Lipinski definition) is 2. The lowest BCUT2D eigenvalue weighted by Crippen LogP contribution is -2.32. The van der Waals surface area contributed by atoms with E-state index in [0.717, 1.165) is 0 Å². The van der Waals surface area contributed by atoms with Crippen LogP contribution < -0.4 is 10.6 Å². The standard InChI is InChI=1S/C19H22N2O2/c1-15(22)20-13-12-19(23)21-14-18(16-8-4-2-5-9-16)17-10-6-3-7-11-17/h2-11,18H,12-14H2,1H3,(H,20,22)(H,21,23). The van der Waals surface area contributed by atoms with E-state index >= 15 is 0 Å². The highest BCUT2D eigenvalue weighted by molar-refractivity contribution is 5.78. The molecule has 0 radical (unpaired) electrons. The minimum absolute atomic E-state index is 0.0596. The van der Waals surface area contributed by atoms with Crippen molar-refractivity contribution in [2.75, 3.05) is 13.1 Å². The molecule has 4 nitrogen and oxygen atoms in total. The van der Waals surface area contributed by atoms with Crippen molar-refractivity contribution in [2.45, 2.75) is 19.3 Å². The number of benzene rings is 2. The Morgan fingerprint density at radius 2 is 1.39 bits per heavy atom. The summed E-state index contributed by atoms with van der Waals surface area (Å²) in [6.45, 7) is 2.34. The molecule has 4 heteroatoms. The Kier molecular flexibility index (Phi) is 6.36. The monoisotopic (exact) mass is 310 g/mol. The van der Waals surface area contributed by atoms with Crippen molar-refractivity contribution in [3.05, 3.63) is 71.8 Å². The van der Waals surface area contributed by atoms with Crippen LogP contribution in [0.15, 0.2) is 60.7 Å². The maximum absolute atomic E-state index is 11.9. The second-order valence-corrected chi connectivity index (χ2v) is 5.41. The topological polar surface area (TPSA) is 58.2 Å². The fourth-order valence-corrected chi connectivity index (χ4v) is 2.46. The molecule has 120 valence electrons. The molecule has 2 amide bonds. The average Bonchev–Trinajstić information content (AvgIpc) is 2.57. The summed E-state index contributed by atoms with van der Waals surface area (Å²) in [5.74, 6) is -0.0676. The molecule has 2 rings (SSSR count). The summed E-state index contributed by atoms with van der Waals surface area (Å²) >= 11 is 0. The number of carbonyl (C=O) groups excluding carboxylic acids is 2. The first-order chi connectivity index (χ1) is 11.2. The minimum atomic E-state index is -0.121. The van der Waals surface area contributed by atoms with Crippen molar-refractivity contribution in [3.63, 3.8) is 0 Å². The summed E-state index contributed by atoms with van der Waals surface area (Å²) in [4.78, 5) is 22.7. The lowest BCUT2D eigenvalue weighted by Gasteiger charge is -2.19. The molecule has 0 fully saturated rings. The summed E-state index contributed by atoms with van der Waals surface area (Å²) in [6.07, 6.45) is 0.288. The van der Waals surface area contributed by atoms with Gasteiger partial charge in [-0.2, -0.15) is 0 Å². The van der Waals surface area contributed by atoms with Gasteiger partial charge in [-0.1, -0.05) is 60.7 Å². The van der Waals surface area contributed by atoms with Crippen molar-refractivity contribution in [1.29, 1.82) is 0 Å². The molecule has 2 N–H and O–H groups in total. The van der Waals surface area contributed by atoms with Gasteiger partial charge in [-0.25, -0.2) is 0 Å². The van der Waals surface area contributed by atoms with Crippen molar-refractivity contribution in [2.24, 2.45) is 0 Å². The highest BCUT2D eigenvalue weighted by Crippen LogP contribution is 2.23. The largest absolute Gasteiger partial charge is 0.356 e. The lowest BCUT2D eigenvalue weighted by molar-refractivity contribution is -0.121. The van der Waals surface area contributed by atoms with Crippen molar-refractivity contribution in [1.82, 2.24) is 10.6 Å². The molecule has 2 aromatic carbocycles. The quantitative estimate of drug-likeness (QED) is 0.825. The molecule has 0 heterocycles. The third kappa shape index (κ3) is 5.58. The summed E-state index contributed by atoms with van der Waals surface area (Å²) in [5, 5.41) is 5.59. The van der Waals surface area contributed by atoms with Crippen LogP contribution in [0.2, 0.25) is 0 Å². The van der Waals surface area contributed by atoms with Crippen LogP contribution in [0.5, 0.6) is 0 Å². The van der Waals surface area contributed by atoms with Crippen LogP contribution in [0.1, 0.15) is 30.4 Å². The molecule has 0 unspecified atom stereocenters. The van der Waals surface area contributed by atoms with E-state index in [4.69, 9.17) is 0 Å².